The Morgan fingerprint density at radius 2 is 1.85 bits per heavy atom. The van der Waals surface area contributed by atoms with Gasteiger partial charge in [0.05, 0.1) is 17.5 Å². The van der Waals surface area contributed by atoms with Crippen LogP contribution in [0.15, 0.2) is 67.3 Å². The number of carbonyl (C=O) groups is 2. The van der Waals surface area contributed by atoms with E-state index in [2.05, 4.69) is 9.97 Å². The Morgan fingerprint density at radius 1 is 1.03 bits per heavy atom. The van der Waals surface area contributed by atoms with E-state index in [9.17, 15) is 9.59 Å². The number of pyridine rings is 2. The van der Waals surface area contributed by atoms with Gasteiger partial charge in [0.2, 0.25) is 5.91 Å². The van der Waals surface area contributed by atoms with Gasteiger partial charge in [-0.1, -0.05) is 18.2 Å². The summed E-state index contributed by atoms with van der Waals surface area (Å²) >= 11 is 0. The summed E-state index contributed by atoms with van der Waals surface area (Å²) in [6, 6.07) is 13.5. The molecule has 1 amide bonds. The van der Waals surface area contributed by atoms with Crippen LogP contribution >= 0.6 is 0 Å². The zero-order chi connectivity index (χ0) is 22.5. The van der Waals surface area contributed by atoms with Crippen LogP contribution in [0.4, 0.5) is 0 Å². The summed E-state index contributed by atoms with van der Waals surface area (Å²) in [6.45, 7) is 1.41. The zero-order valence-corrected chi connectivity index (χ0v) is 18.1. The maximum atomic E-state index is 13.6. The third-order valence-corrected chi connectivity index (χ3v) is 7.03. The van der Waals surface area contributed by atoms with Crippen molar-refractivity contribution < 1.29 is 19.1 Å². The molecule has 3 aromatic rings. The van der Waals surface area contributed by atoms with Crippen LogP contribution < -0.4 is 4.74 Å². The number of fused-ring (bicyclic) bond motifs is 2. The van der Waals surface area contributed by atoms with Gasteiger partial charge in [-0.25, -0.2) is 4.79 Å². The number of likely N-dealkylation sites (tertiary alicyclic amines) is 1. The molecule has 1 aromatic carbocycles. The van der Waals surface area contributed by atoms with Crippen molar-refractivity contribution in [2.75, 3.05) is 13.1 Å². The first-order valence-corrected chi connectivity index (χ1v) is 11.2. The van der Waals surface area contributed by atoms with Crippen molar-refractivity contribution in [1.82, 2.24) is 14.9 Å². The standard InChI is InChI=1S/C26H23N3O4/c30-23-21-15-28-12-7-22(21)26(33-23)10-13-29(17-26)24(31)25(8-9-25)19-3-5-20(6-4-19)32-16-18-2-1-11-27-14-18/h1-7,11-12,14-15H,8-10,13,16-17H2. The molecule has 1 saturated heterocycles. The highest BCUT2D eigenvalue weighted by atomic mass is 16.6. The molecule has 1 aliphatic carbocycles. The monoisotopic (exact) mass is 441 g/mol. The second-order valence-corrected chi connectivity index (χ2v) is 9.04. The van der Waals surface area contributed by atoms with Gasteiger partial charge < -0.3 is 14.4 Å². The van der Waals surface area contributed by atoms with Crippen LogP contribution in [-0.4, -0.2) is 39.8 Å². The predicted octanol–water partition coefficient (Wildman–Crippen LogP) is 3.39. The van der Waals surface area contributed by atoms with Gasteiger partial charge >= 0.3 is 5.97 Å². The molecule has 2 aliphatic heterocycles. The second-order valence-electron chi connectivity index (χ2n) is 9.04. The maximum absolute atomic E-state index is 13.6. The van der Waals surface area contributed by atoms with Crippen LogP contribution in [-0.2, 0) is 27.2 Å². The Labute approximate surface area is 191 Å². The first-order valence-electron chi connectivity index (χ1n) is 11.2. The van der Waals surface area contributed by atoms with Gasteiger partial charge in [-0.3, -0.25) is 14.8 Å². The molecule has 166 valence electrons. The number of hydrogen-bond donors (Lipinski definition) is 0. The van der Waals surface area contributed by atoms with E-state index in [1.54, 1.807) is 24.8 Å². The zero-order valence-electron chi connectivity index (χ0n) is 18.1. The lowest BCUT2D eigenvalue weighted by molar-refractivity contribution is -0.134. The summed E-state index contributed by atoms with van der Waals surface area (Å²) in [5.41, 5.74) is 2.13. The number of amides is 1. The molecule has 2 fully saturated rings. The first kappa shape index (κ1) is 19.9. The van der Waals surface area contributed by atoms with Crippen molar-refractivity contribution in [3.63, 3.8) is 0 Å². The van der Waals surface area contributed by atoms with Gasteiger partial charge in [-0.05, 0) is 42.7 Å². The van der Waals surface area contributed by atoms with E-state index in [1.807, 2.05) is 47.4 Å². The maximum Gasteiger partial charge on any atom is 0.341 e. The Bertz CT molecular complexity index is 1220. The molecule has 0 radical (unpaired) electrons. The minimum atomic E-state index is -0.745. The Morgan fingerprint density at radius 3 is 2.61 bits per heavy atom. The topological polar surface area (TPSA) is 81.6 Å². The summed E-state index contributed by atoms with van der Waals surface area (Å²) in [6.07, 6.45) is 9.01. The second kappa shape index (κ2) is 7.40. The number of esters is 1. The van der Waals surface area contributed by atoms with Crippen LogP contribution in [0.3, 0.4) is 0 Å². The van der Waals surface area contributed by atoms with Crippen LogP contribution in [0.2, 0.25) is 0 Å². The highest BCUT2D eigenvalue weighted by molar-refractivity contribution is 5.95. The number of aromatic nitrogens is 2. The molecule has 3 aliphatic rings. The van der Waals surface area contributed by atoms with E-state index in [1.165, 1.54) is 0 Å². The van der Waals surface area contributed by atoms with Crippen molar-refractivity contribution in [1.29, 1.82) is 0 Å². The van der Waals surface area contributed by atoms with Gasteiger partial charge in [-0.2, -0.15) is 0 Å². The molecule has 1 unspecified atom stereocenters. The summed E-state index contributed by atoms with van der Waals surface area (Å²) < 4.78 is 11.6. The van der Waals surface area contributed by atoms with Gasteiger partial charge in [0.1, 0.15) is 12.4 Å². The van der Waals surface area contributed by atoms with Crippen LogP contribution in [0, 0.1) is 0 Å². The Hall–Kier alpha value is -3.74. The van der Waals surface area contributed by atoms with E-state index >= 15 is 0 Å². The number of carbonyl (C=O) groups excluding carboxylic acids is 2. The lowest BCUT2D eigenvalue weighted by Gasteiger charge is -2.27. The lowest BCUT2D eigenvalue weighted by atomic mass is 9.92. The van der Waals surface area contributed by atoms with E-state index in [4.69, 9.17) is 9.47 Å². The third-order valence-electron chi connectivity index (χ3n) is 7.03. The molecule has 0 N–H and O–H groups in total. The fraction of sp³-hybridized carbons (Fsp3) is 0.308. The van der Waals surface area contributed by atoms with E-state index in [-0.39, 0.29) is 11.9 Å². The van der Waals surface area contributed by atoms with Gasteiger partial charge in [0.25, 0.3) is 0 Å². The number of benzene rings is 1. The van der Waals surface area contributed by atoms with Crippen molar-refractivity contribution in [3.8, 4) is 5.75 Å². The SMILES string of the molecule is O=C1OC2(CCN(C(=O)C3(c4ccc(OCc5cccnc5)cc4)CC3)C2)c2ccncc21. The average Bonchev–Trinajstić information content (AvgIpc) is 3.49. The van der Waals surface area contributed by atoms with Crippen LogP contribution in [0.25, 0.3) is 0 Å². The molecule has 1 atom stereocenters. The van der Waals surface area contributed by atoms with E-state index in [0.717, 1.165) is 35.3 Å². The largest absolute Gasteiger partial charge is 0.489 e. The average molecular weight is 441 g/mol. The molecular formula is C26H23N3O4. The van der Waals surface area contributed by atoms with Gasteiger partial charge in [0.15, 0.2) is 5.60 Å². The van der Waals surface area contributed by atoms with Crippen molar-refractivity contribution >= 4 is 11.9 Å². The molecule has 7 heteroatoms. The molecule has 4 heterocycles. The number of ether oxygens (including phenoxy) is 2. The van der Waals surface area contributed by atoms with Gasteiger partial charge in [-0.15, -0.1) is 0 Å². The predicted molar refractivity (Wildman–Crippen MR) is 118 cm³/mol. The Kier molecular flexibility index (Phi) is 4.47. The summed E-state index contributed by atoms with van der Waals surface area (Å²) in [4.78, 5) is 35.9. The normalized spacial score (nSPS) is 22.2. The van der Waals surface area contributed by atoms with E-state index in [0.29, 0.717) is 31.7 Å². The minimum Gasteiger partial charge on any atom is -0.489 e. The molecule has 6 rings (SSSR count). The van der Waals surface area contributed by atoms with Crippen LogP contribution in [0.5, 0.6) is 5.75 Å². The number of hydrogen-bond acceptors (Lipinski definition) is 6. The molecule has 2 aromatic heterocycles. The third kappa shape index (κ3) is 3.26. The minimum absolute atomic E-state index is 0.113. The van der Waals surface area contributed by atoms with Gasteiger partial charge in [0, 0.05) is 48.9 Å². The molecule has 33 heavy (non-hydrogen) atoms. The highest BCUT2D eigenvalue weighted by Crippen LogP contribution is 2.52. The fourth-order valence-electron chi connectivity index (χ4n) is 5.07. The highest BCUT2D eigenvalue weighted by Gasteiger charge is 2.57. The summed E-state index contributed by atoms with van der Waals surface area (Å²) in [5.74, 6) is 0.520. The number of nitrogens with zero attached hydrogens (tertiary/aromatic N) is 3. The van der Waals surface area contributed by atoms with Crippen LogP contribution in [0.1, 0.15) is 46.3 Å². The summed E-state index contributed by atoms with van der Waals surface area (Å²) in [5, 5.41) is 0. The fourth-order valence-corrected chi connectivity index (χ4v) is 5.07. The van der Waals surface area contributed by atoms with E-state index < -0.39 is 11.0 Å². The smallest absolute Gasteiger partial charge is 0.341 e. The summed E-state index contributed by atoms with van der Waals surface area (Å²) in [7, 11) is 0. The van der Waals surface area contributed by atoms with Crippen molar-refractivity contribution in [3.05, 3.63) is 89.5 Å². The quantitative estimate of drug-likeness (QED) is 0.565. The molecular weight excluding hydrogens is 418 g/mol. The lowest BCUT2D eigenvalue weighted by Crippen LogP contribution is -2.40. The van der Waals surface area contributed by atoms with Crippen molar-refractivity contribution in [2.45, 2.75) is 36.9 Å². The molecule has 7 nitrogen and oxygen atoms in total. The van der Waals surface area contributed by atoms with Crippen molar-refractivity contribution in [2.24, 2.45) is 0 Å². The molecule has 0 bridgehead atoms. The molecule has 1 saturated carbocycles. The number of rotatable bonds is 5. The Balaban J connectivity index is 1.16. The first-order chi connectivity index (χ1) is 16.1. The molecule has 1 spiro atoms.